The second-order valence-corrected chi connectivity index (χ2v) is 13.3. The second kappa shape index (κ2) is 8.99. The number of aliphatic hydroxyl groups excluding tert-OH is 1. The van der Waals surface area contributed by atoms with Crippen LogP contribution in [-0.4, -0.2) is 57.1 Å². The number of hydrogen-bond donors (Lipinski definition) is 2. The van der Waals surface area contributed by atoms with Crippen molar-refractivity contribution in [2.24, 2.45) is 0 Å². The van der Waals surface area contributed by atoms with Gasteiger partial charge in [0.1, 0.15) is 11.7 Å². The molecule has 0 aromatic carbocycles. The summed E-state index contributed by atoms with van der Waals surface area (Å²) in [5, 5.41) is 21.7. The highest BCUT2D eigenvalue weighted by molar-refractivity contribution is 6.74. The number of hydrogen-bond acceptors (Lipinski definition) is 6. The van der Waals surface area contributed by atoms with Crippen LogP contribution in [0.2, 0.25) is 18.1 Å². The van der Waals surface area contributed by atoms with E-state index in [1.807, 2.05) is 13.1 Å². The molecular weight excluding hydrogens is 340 g/mol. The van der Waals surface area contributed by atoms with Crippen molar-refractivity contribution in [3.8, 4) is 6.07 Å². The third-order valence-corrected chi connectivity index (χ3v) is 8.70. The Bertz CT molecular complexity index is 473. The van der Waals surface area contributed by atoms with E-state index in [2.05, 4.69) is 32.2 Å². The molecule has 0 bridgehead atoms. The zero-order chi connectivity index (χ0) is 20.1. The van der Waals surface area contributed by atoms with Crippen LogP contribution in [0.15, 0.2) is 0 Å². The maximum absolute atomic E-state index is 12.2. The van der Waals surface area contributed by atoms with E-state index in [0.29, 0.717) is 0 Å². The van der Waals surface area contributed by atoms with Crippen molar-refractivity contribution in [3.63, 3.8) is 0 Å². The Kier molecular flexibility index (Phi) is 8.58. The largest absolute Gasteiger partial charge is 0.444 e. The number of carbonyl (C=O) groups excluding carboxylic acids is 1. The fraction of sp³-hybridized carbons (Fsp3) is 0.882. The molecule has 146 valence electrons. The van der Waals surface area contributed by atoms with Crippen molar-refractivity contribution in [3.05, 3.63) is 0 Å². The predicted molar refractivity (Wildman–Crippen MR) is 98.7 cm³/mol. The topological polar surface area (TPSA) is 101 Å². The molecular formula is C17H34N2O5Si. The van der Waals surface area contributed by atoms with Gasteiger partial charge in [0.05, 0.1) is 18.7 Å². The number of ether oxygens (including phenoxy) is 2. The minimum atomic E-state index is -2.27. The van der Waals surface area contributed by atoms with Crippen LogP contribution in [0, 0.1) is 11.3 Å². The number of nitrogens with zero attached hydrogens (tertiary/aromatic N) is 1. The Morgan fingerprint density at radius 1 is 1.24 bits per heavy atom. The van der Waals surface area contributed by atoms with Gasteiger partial charge in [-0.05, 0) is 38.9 Å². The normalized spacial score (nSPS) is 16.5. The molecule has 0 fully saturated rings. The molecule has 0 aliphatic rings. The zero-order valence-corrected chi connectivity index (χ0v) is 18.0. The SMILES string of the molecule is CO[C@@H](CO)[C@@H](NC(=O)OC(C)(C)C)[C@@H](C#N)O[Si](C)(C)C(C)(C)C. The molecule has 0 unspecified atom stereocenters. The Morgan fingerprint density at radius 3 is 2.08 bits per heavy atom. The smallest absolute Gasteiger partial charge is 0.408 e. The van der Waals surface area contributed by atoms with Gasteiger partial charge >= 0.3 is 6.09 Å². The molecule has 0 aliphatic heterocycles. The monoisotopic (exact) mass is 374 g/mol. The third-order valence-electron chi connectivity index (χ3n) is 4.25. The predicted octanol–water partition coefficient (Wildman–Crippen LogP) is 2.80. The second-order valence-electron chi connectivity index (χ2n) is 8.56. The summed E-state index contributed by atoms with van der Waals surface area (Å²) in [7, 11) is -0.865. The molecule has 3 atom stereocenters. The summed E-state index contributed by atoms with van der Waals surface area (Å²) >= 11 is 0. The summed E-state index contributed by atoms with van der Waals surface area (Å²) in [5.41, 5.74) is -0.682. The number of rotatable bonds is 7. The molecule has 0 saturated heterocycles. The van der Waals surface area contributed by atoms with Crippen LogP contribution in [0.25, 0.3) is 0 Å². The number of methoxy groups -OCH3 is 1. The molecule has 8 heteroatoms. The van der Waals surface area contributed by atoms with Crippen LogP contribution in [-0.2, 0) is 13.9 Å². The first-order chi connectivity index (χ1) is 11.2. The lowest BCUT2D eigenvalue weighted by atomic mass is 10.1. The van der Waals surface area contributed by atoms with Crippen molar-refractivity contribution >= 4 is 14.4 Å². The molecule has 0 spiro atoms. The standard InChI is InChI=1S/C17H34N2O5Si/c1-16(2,3)23-15(21)19-14(13(11-20)22-7)12(10-18)24-25(8,9)17(4,5)6/h12-14,20H,11H2,1-9H3,(H,19,21)/t12-,13+,14+/m1/s1. The molecule has 7 nitrogen and oxygen atoms in total. The summed E-state index contributed by atoms with van der Waals surface area (Å²) in [6.07, 6.45) is -2.44. The van der Waals surface area contributed by atoms with Gasteiger partial charge in [-0.15, -0.1) is 0 Å². The first-order valence-corrected chi connectivity index (χ1v) is 11.3. The van der Waals surface area contributed by atoms with Crippen LogP contribution in [0.1, 0.15) is 41.5 Å². The first kappa shape index (κ1) is 23.9. The highest BCUT2D eigenvalue weighted by atomic mass is 28.4. The highest BCUT2D eigenvalue weighted by Crippen LogP contribution is 2.37. The summed E-state index contributed by atoms with van der Waals surface area (Å²) < 4.78 is 16.6. The Balaban J connectivity index is 5.50. The van der Waals surface area contributed by atoms with Crippen molar-refractivity contribution in [1.82, 2.24) is 5.32 Å². The maximum atomic E-state index is 12.2. The molecule has 0 aromatic heterocycles. The lowest BCUT2D eigenvalue weighted by molar-refractivity contribution is -0.0113. The Hall–Kier alpha value is -1.14. The van der Waals surface area contributed by atoms with Gasteiger partial charge in [-0.25, -0.2) is 4.79 Å². The molecule has 0 saturated carbocycles. The molecule has 0 heterocycles. The van der Waals surface area contributed by atoms with E-state index in [9.17, 15) is 15.2 Å². The van der Waals surface area contributed by atoms with Gasteiger partial charge in [0.25, 0.3) is 0 Å². The quantitative estimate of drug-likeness (QED) is 0.665. The summed E-state index contributed by atoms with van der Waals surface area (Å²) in [5.74, 6) is 0. The van der Waals surface area contributed by atoms with Gasteiger partial charge in [0.2, 0.25) is 0 Å². The molecule has 0 aromatic rings. The van der Waals surface area contributed by atoms with Crippen molar-refractivity contribution in [2.45, 2.75) is 83.5 Å². The van der Waals surface area contributed by atoms with Crippen LogP contribution >= 0.6 is 0 Å². The van der Waals surface area contributed by atoms with E-state index in [-0.39, 0.29) is 11.6 Å². The highest BCUT2D eigenvalue weighted by Gasteiger charge is 2.43. The molecule has 2 N–H and O–H groups in total. The van der Waals surface area contributed by atoms with Gasteiger partial charge in [-0.1, -0.05) is 20.8 Å². The Labute approximate surface area is 152 Å². The van der Waals surface area contributed by atoms with Gasteiger partial charge < -0.3 is 24.3 Å². The minimum Gasteiger partial charge on any atom is -0.444 e. The lowest BCUT2D eigenvalue weighted by Crippen LogP contribution is -2.57. The molecule has 0 radical (unpaired) electrons. The fourth-order valence-electron chi connectivity index (χ4n) is 1.82. The number of aliphatic hydroxyl groups is 1. The van der Waals surface area contributed by atoms with Gasteiger partial charge in [0.15, 0.2) is 14.4 Å². The van der Waals surface area contributed by atoms with E-state index in [4.69, 9.17) is 13.9 Å². The fourth-order valence-corrected chi connectivity index (χ4v) is 3.00. The first-order valence-electron chi connectivity index (χ1n) is 8.39. The number of nitriles is 1. The van der Waals surface area contributed by atoms with Gasteiger partial charge in [0, 0.05) is 7.11 Å². The summed E-state index contributed by atoms with van der Waals surface area (Å²) in [4.78, 5) is 12.2. The molecule has 0 rings (SSSR count). The van der Waals surface area contributed by atoms with Crippen molar-refractivity contribution in [2.75, 3.05) is 13.7 Å². The van der Waals surface area contributed by atoms with E-state index in [1.165, 1.54) is 7.11 Å². The Morgan fingerprint density at radius 2 is 1.76 bits per heavy atom. The number of nitrogens with one attached hydrogen (secondary N) is 1. The van der Waals surface area contributed by atoms with E-state index in [1.54, 1.807) is 20.8 Å². The number of amides is 1. The van der Waals surface area contributed by atoms with E-state index in [0.717, 1.165) is 0 Å². The van der Waals surface area contributed by atoms with Gasteiger partial charge in [-0.2, -0.15) is 5.26 Å². The van der Waals surface area contributed by atoms with Crippen LogP contribution < -0.4 is 5.32 Å². The third kappa shape index (κ3) is 7.73. The van der Waals surface area contributed by atoms with Crippen LogP contribution in [0.5, 0.6) is 0 Å². The maximum Gasteiger partial charge on any atom is 0.408 e. The lowest BCUT2D eigenvalue weighted by Gasteiger charge is -2.40. The van der Waals surface area contributed by atoms with E-state index >= 15 is 0 Å². The number of alkyl carbamates (subject to hydrolysis) is 1. The minimum absolute atomic E-state index is 0.111. The average Bonchev–Trinajstić information content (AvgIpc) is 2.41. The molecule has 0 aliphatic carbocycles. The summed E-state index contributed by atoms with van der Waals surface area (Å²) in [6.45, 7) is 15.1. The van der Waals surface area contributed by atoms with Crippen LogP contribution in [0.3, 0.4) is 0 Å². The average molecular weight is 375 g/mol. The van der Waals surface area contributed by atoms with Crippen molar-refractivity contribution < 1.29 is 23.8 Å². The van der Waals surface area contributed by atoms with Crippen LogP contribution in [0.4, 0.5) is 4.79 Å². The van der Waals surface area contributed by atoms with Gasteiger partial charge in [-0.3, -0.25) is 0 Å². The number of carbonyl (C=O) groups is 1. The zero-order valence-electron chi connectivity index (χ0n) is 17.0. The summed E-state index contributed by atoms with van der Waals surface area (Å²) in [6, 6.07) is 1.24. The molecule has 25 heavy (non-hydrogen) atoms. The van der Waals surface area contributed by atoms with E-state index < -0.39 is 38.3 Å². The molecule has 1 amide bonds. The van der Waals surface area contributed by atoms with Crippen molar-refractivity contribution in [1.29, 1.82) is 5.26 Å².